The fraction of sp³-hybridized carbons (Fsp3) is 0.556. The van der Waals surface area contributed by atoms with E-state index in [0.29, 0.717) is 26.1 Å². The van der Waals surface area contributed by atoms with Gasteiger partial charge in [-0.15, -0.1) is 0 Å². The third kappa shape index (κ3) is 5.04. The Morgan fingerprint density at radius 2 is 2.00 bits per heavy atom. The zero-order chi connectivity index (χ0) is 17.4. The number of amides is 2. The van der Waals surface area contributed by atoms with Gasteiger partial charge < -0.3 is 15.0 Å². The fourth-order valence-corrected chi connectivity index (χ4v) is 3.00. The van der Waals surface area contributed by atoms with Crippen molar-refractivity contribution in [1.29, 1.82) is 0 Å². The van der Waals surface area contributed by atoms with Crippen LogP contribution < -0.4 is 5.32 Å². The third-order valence-electron chi connectivity index (χ3n) is 4.41. The number of nitrogens with zero attached hydrogens (tertiary/aromatic N) is 2. The minimum Gasteiger partial charge on any atom is -0.384 e. The Bertz CT molecular complexity index is 536. The Hall–Kier alpha value is -1.92. The van der Waals surface area contributed by atoms with Gasteiger partial charge in [0.05, 0.1) is 13.0 Å². The van der Waals surface area contributed by atoms with Crippen molar-refractivity contribution in [2.24, 2.45) is 0 Å². The van der Waals surface area contributed by atoms with Gasteiger partial charge in [-0.2, -0.15) is 0 Å². The summed E-state index contributed by atoms with van der Waals surface area (Å²) in [7, 11) is 3.19. The number of hydrogen-bond donors (Lipinski definition) is 1. The Kier molecular flexibility index (Phi) is 7.21. The average Bonchev–Trinajstić information content (AvgIpc) is 2.64. The molecule has 2 amide bonds. The largest absolute Gasteiger partial charge is 0.384 e. The molecule has 1 aliphatic rings. The van der Waals surface area contributed by atoms with Crippen LogP contribution in [0.2, 0.25) is 0 Å². The lowest BCUT2D eigenvalue weighted by molar-refractivity contribution is -0.144. The van der Waals surface area contributed by atoms with Crippen LogP contribution in [0, 0.1) is 0 Å². The highest BCUT2D eigenvalue weighted by molar-refractivity contribution is 5.88. The third-order valence-corrected chi connectivity index (χ3v) is 4.41. The number of ether oxygens (including phenoxy) is 1. The molecule has 6 nitrogen and oxygen atoms in total. The van der Waals surface area contributed by atoms with Crippen molar-refractivity contribution < 1.29 is 14.3 Å². The summed E-state index contributed by atoms with van der Waals surface area (Å²) in [6, 6.07) is 9.88. The Labute approximate surface area is 143 Å². The van der Waals surface area contributed by atoms with Crippen LogP contribution in [0.3, 0.4) is 0 Å². The minimum atomic E-state index is -0.427. The van der Waals surface area contributed by atoms with Crippen molar-refractivity contribution in [3.63, 3.8) is 0 Å². The molecule has 1 atom stereocenters. The van der Waals surface area contributed by atoms with Gasteiger partial charge in [-0.25, -0.2) is 0 Å². The quantitative estimate of drug-likeness (QED) is 0.790. The zero-order valence-corrected chi connectivity index (χ0v) is 14.5. The summed E-state index contributed by atoms with van der Waals surface area (Å²) in [5.74, 6) is -0.127. The predicted octanol–water partition coefficient (Wildman–Crippen LogP) is 0.524. The van der Waals surface area contributed by atoms with Crippen LogP contribution in [0.15, 0.2) is 30.3 Å². The van der Waals surface area contributed by atoms with Crippen molar-refractivity contribution in [2.75, 3.05) is 46.9 Å². The predicted molar refractivity (Wildman–Crippen MR) is 92.6 cm³/mol. The highest BCUT2D eigenvalue weighted by atomic mass is 16.5. The molecule has 1 saturated heterocycles. The first-order chi connectivity index (χ1) is 11.7. The number of piperazine rings is 1. The van der Waals surface area contributed by atoms with Crippen molar-refractivity contribution in [3.05, 3.63) is 35.9 Å². The molecule has 0 spiro atoms. The van der Waals surface area contributed by atoms with Crippen LogP contribution in [0.25, 0.3) is 0 Å². The molecule has 1 aromatic carbocycles. The maximum Gasteiger partial charge on any atom is 0.243 e. The molecule has 0 unspecified atom stereocenters. The SMILES string of the molecule is CNC(=O)[C@@H]1CN(CCc2ccccc2)CCN1C(=O)CCOC. The average molecular weight is 333 g/mol. The summed E-state index contributed by atoms with van der Waals surface area (Å²) < 4.78 is 4.98. The molecule has 0 aromatic heterocycles. The lowest BCUT2D eigenvalue weighted by Crippen LogP contribution is -2.60. The van der Waals surface area contributed by atoms with E-state index in [-0.39, 0.29) is 11.8 Å². The van der Waals surface area contributed by atoms with Gasteiger partial charge in [0, 0.05) is 40.3 Å². The van der Waals surface area contributed by atoms with Gasteiger partial charge in [0.2, 0.25) is 11.8 Å². The molecule has 1 N–H and O–H groups in total. The molecule has 24 heavy (non-hydrogen) atoms. The Morgan fingerprint density at radius 1 is 1.25 bits per heavy atom. The summed E-state index contributed by atoms with van der Waals surface area (Å²) in [6.07, 6.45) is 1.26. The number of benzene rings is 1. The van der Waals surface area contributed by atoms with E-state index in [1.807, 2.05) is 18.2 Å². The van der Waals surface area contributed by atoms with E-state index in [4.69, 9.17) is 4.74 Å². The van der Waals surface area contributed by atoms with Crippen LogP contribution >= 0.6 is 0 Å². The van der Waals surface area contributed by atoms with E-state index < -0.39 is 6.04 Å². The molecule has 1 aromatic rings. The summed E-state index contributed by atoms with van der Waals surface area (Å²) in [5, 5.41) is 2.68. The second kappa shape index (κ2) is 9.39. The normalized spacial score (nSPS) is 18.4. The van der Waals surface area contributed by atoms with E-state index in [1.165, 1.54) is 5.56 Å². The van der Waals surface area contributed by atoms with Crippen molar-refractivity contribution in [3.8, 4) is 0 Å². The molecule has 0 aliphatic carbocycles. The van der Waals surface area contributed by atoms with Gasteiger partial charge in [-0.3, -0.25) is 14.5 Å². The van der Waals surface area contributed by atoms with Crippen LogP contribution in [-0.4, -0.2) is 74.6 Å². The van der Waals surface area contributed by atoms with Crippen molar-refractivity contribution in [2.45, 2.75) is 18.9 Å². The molecule has 1 fully saturated rings. The van der Waals surface area contributed by atoms with E-state index in [2.05, 4.69) is 22.3 Å². The van der Waals surface area contributed by atoms with Gasteiger partial charge in [-0.05, 0) is 12.0 Å². The van der Waals surface area contributed by atoms with E-state index in [1.54, 1.807) is 19.1 Å². The maximum atomic E-state index is 12.3. The Morgan fingerprint density at radius 3 is 2.67 bits per heavy atom. The van der Waals surface area contributed by atoms with E-state index >= 15 is 0 Å². The molecule has 6 heteroatoms. The first kappa shape index (κ1) is 18.4. The number of carbonyl (C=O) groups is 2. The number of rotatable bonds is 7. The molecule has 1 heterocycles. The lowest BCUT2D eigenvalue weighted by atomic mass is 10.1. The van der Waals surface area contributed by atoms with Gasteiger partial charge in [0.25, 0.3) is 0 Å². The first-order valence-corrected chi connectivity index (χ1v) is 8.42. The van der Waals surface area contributed by atoms with Gasteiger partial charge in [0.1, 0.15) is 6.04 Å². The first-order valence-electron chi connectivity index (χ1n) is 8.42. The topological polar surface area (TPSA) is 61.9 Å². The number of likely N-dealkylation sites (N-methyl/N-ethyl adjacent to an activating group) is 1. The number of carbonyl (C=O) groups excluding carboxylic acids is 2. The number of methoxy groups -OCH3 is 1. The molecule has 0 radical (unpaired) electrons. The van der Waals surface area contributed by atoms with E-state index in [0.717, 1.165) is 19.5 Å². The highest BCUT2D eigenvalue weighted by Crippen LogP contribution is 2.13. The number of nitrogens with one attached hydrogen (secondary N) is 1. The second-order valence-electron chi connectivity index (χ2n) is 6.00. The van der Waals surface area contributed by atoms with Gasteiger partial charge in [-0.1, -0.05) is 30.3 Å². The van der Waals surface area contributed by atoms with Crippen LogP contribution in [-0.2, 0) is 20.7 Å². The van der Waals surface area contributed by atoms with Gasteiger partial charge in [0.15, 0.2) is 0 Å². The molecule has 1 aliphatic heterocycles. The summed E-state index contributed by atoms with van der Waals surface area (Å²) >= 11 is 0. The van der Waals surface area contributed by atoms with E-state index in [9.17, 15) is 9.59 Å². The molecule has 2 rings (SSSR count). The molecule has 0 saturated carbocycles. The smallest absolute Gasteiger partial charge is 0.243 e. The summed E-state index contributed by atoms with van der Waals surface area (Å²) in [5.41, 5.74) is 1.28. The van der Waals surface area contributed by atoms with Crippen LogP contribution in [0.4, 0.5) is 0 Å². The number of hydrogen-bond acceptors (Lipinski definition) is 4. The summed E-state index contributed by atoms with van der Waals surface area (Å²) in [6.45, 7) is 3.21. The van der Waals surface area contributed by atoms with Crippen LogP contribution in [0.1, 0.15) is 12.0 Å². The van der Waals surface area contributed by atoms with Crippen LogP contribution in [0.5, 0.6) is 0 Å². The van der Waals surface area contributed by atoms with Crippen molar-refractivity contribution in [1.82, 2.24) is 15.1 Å². The minimum absolute atomic E-state index is 0.0202. The maximum absolute atomic E-state index is 12.3. The monoisotopic (exact) mass is 333 g/mol. The lowest BCUT2D eigenvalue weighted by Gasteiger charge is -2.40. The fourth-order valence-electron chi connectivity index (χ4n) is 3.00. The summed E-state index contributed by atoms with van der Waals surface area (Å²) in [4.78, 5) is 28.5. The second-order valence-corrected chi connectivity index (χ2v) is 6.00. The van der Waals surface area contributed by atoms with Crippen molar-refractivity contribution >= 4 is 11.8 Å². The zero-order valence-electron chi connectivity index (χ0n) is 14.5. The molecular formula is C18H27N3O3. The Balaban J connectivity index is 1.94. The molecule has 132 valence electrons. The van der Waals surface area contributed by atoms with Gasteiger partial charge >= 0.3 is 0 Å². The molecular weight excluding hydrogens is 306 g/mol. The highest BCUT2D eigenvalue weighted by Gasteiger charge is 2.34. The standard InChI is InChI=1S/C18H27N3O3/c1-19-18(23)16-14-20(10-8-15-6-4-3-5-7-15)11-12-21(16)17(22)9-13-24-2/h3-7,16H,8-14H2,1-2H3,(H,19,23)/t16-/m0/s1. The molecule has 0 bridgehead atoms.